The summed E-state index contributed by atoms with van der Waals surface area (Å²) in [6, 6.07) is 20.4. The van der Waals surface area contributed by atoms with Crippen LogP contribution in [0, 0.1) is 24.1 Å². The van der Waals surface area contributed by atoms with Crippen molar-refractivity contribution in [3.05, 3.63) is 145 Å². The summed E-state index contributed by atoms with van der Waals surface area (Å²) in [7, 11) is 1.63. The Bertz CT molecular complexity index is 5700. The number of fused-ring (bicyclic) bond motifs is 10. The molecule has 43 nitrogen and oxygen atoms in total. The number of hydrogen-bond donors (Lipinski definition) is 11. The van der Waals surface area contributed by atoms with Crippen LogP contribution in [0.3, 0.4) is 0 Å². The number of aromatic amines is 1. The number of nitrogens with zero attached hydrogens (tertiary/aromatic N) is 6. The molecule has 7 amide bonds. The minimum Gasteiger partial charge on any atom is -0.479 e. The molecule has 4 aromatic carbocycles. The summed E-state index contributed by atoms with van der Waals surface area (Å²) in [5.41, 5.74) is 5.42. The Kier molecular flexibility index (Phi) is 41.7. The number of carbonyl (C=O) groups is 9. The number of H-pyrrole nitrogens is 1. The zero-order valence-electron chi connectivity index (χ0n) is 83.3. The van der Waals surface area contributed by atoms with Crippen molar-refractivity contribution in [2.24, 2.45) is 11.3 Å². The molecule has 3 fully saturated rings. The molecule has 7 aliphatic rings. The highest BCUT2D eigenvalue weighted by atomic mass is 19.1. The molecule has 0 bridgehead atoms. The number of amides is 7. The number of esters is 1. The van der Waals surface area contributed by atoms with Crippen LogP contribution in [0.15, 0.2) is 83.7 Å². The first kappa shape index (κ1) is 111. The minimum atomic E-state index is -2.13. The Morgan fingerprint density at radius 2 is 1.19 bits per heavy atom. The first-order valence-corrected chi connectivity index (χ1v) is 50.4. The highest BCUT2D eigenvalue weighted by Crippen LogP contribution is 2.49. The maximum Gasteiger partial charge on any atom is 0.407 e. The molecule has 11 N–H and O–H groups in total. The lowest BCUT2D eigenvalue weighted by molar-refractivity contribution is -0.271. The number of alkyl carbamates (subject to hydrolysis) is 1. The number of benzene rings is 4. The number of unbranched alkanes of at least 4 members (excludes halogenated alkanes) is 1. The number of para-hydroxylation sites is 1. The number of piperidine rings is 1. The number of aliphatic hydroxyl groups excluding tert-OH is 3. The van der Waals surface area contributed by atoms with Gasteiger partial charge in [0.15, 0.2) is 11.7 Å². The second-order valence-corrected chi connectivity index (χ2v) is 37.1. The zero-order valence-corrected chi connectivity index (χ0v) is 83.3. The number of pyridine rings is 2. The average molecular weight is 2060 g/mol. The maximum absolute atomic E-state index is 15.8. The molecule has 2 saturated heterocycles. The number of anilines is 1. The predicted molar refractivity (Wildman–Crippen MR) is 522 cm³/mol. The summed E-state index contributed by atoms with van der Waals surface area (Å²) in [6.07, 6.45) is -5.67. The highest BCUT2D eigenvalue weighted by molar-refractivity contribution is 6.00. The number of carboxylic acid groups (broad SMARTS) is 1. The Balaban J connectivity index is 0.533. The third-order valence-corrected chi connectivity index (χ3v) is 27.6. The average Bonchev–Trinajstić information content (AvgIpc) is 1.48. The lowest BCUT2D eigenvalue weighted by Gasteiger charge is -2.45. The van der Waals surface area contributed by atoms with Crippen molar-refractivity contribution in [2.45, 2.75) is 191 Å². The van der Waals surface area contributed by atoms with Crippen LogP contribution < -0.4 is 41.8 Å². The van der Waals surface area contributed by atoms with Crippen LogP contribution in [0.4, 0.5) is 14.9 Å². The molecule has 8 atom stereocenters. The summed E-state index contributed by atoms with van der Waals surface area (Å²) in [6.45, 7) is 11.7. The van der Waals surface area contributed by atoms with Gasteiger partial charge in [0.1, 0.15) is 60.5 Å². The number of aromatic nitrogens is 5. The van der Waals surface area contributed by atoms with Gasteiger partial charge in [0, 0.05) is 111 Å². The Morgan fingerprint density at radius 1 is 0.612 bits per heavy atom. The van der Waals surface area contributed by atoms with Crippen LogP contribution in [0.5, 0.6) is 5.75 Å². The fourth-order valence-electron chi connectivity index (χ4n) is 19.3. The summed E-state index contributed by atoms with van der Waals surface area (Å²) < 4.78 is 106. The van der Waals surface area contributed by atoms with Gasteiger partial charge in [-0.25, -0.2) is 23.8 Å². The molecule has 44 heteroatoms. The number of cyclic esters (lactones) is 1. The van der Waals surface area contributed by atoms with Crippen molar-refractivity contribution >= 4 is 70.1 Å². The molecule has 800 valence electrons. The van der Waals surface area contributed by atoms with E-state index in [0.717, 1.165) is 35.2 Å². The summed E-state index contributed by atoms with van der Waals surface area (Å²) in [4.78, 5) is 146. The quantitative estimate of drug-likeness (QED) is 0.0176. The number of nitrogens with one attached hydrogen (secondary N) is 6. The van der Waals surface area contributed by atoms with Gasteiger partial charge in [-0.3, -0.25) is 33.6 Å². The summed E-state index contributed by atoms with van der Waals surface area (Å²) in [5, 5.41) is 80.1. The van der Waals surface area contributed by atoms with E-state index in [2.05, 4.69) is 42.0 Å². The third-order valence-electron chi connectivity index (χ3n) is 27.6. The van der Waals surface area contributed by atoms with Crippen molar-refractivity contribution < 1.29 is 149 Å². The maximum atomic E-state index is 15.8. The van der Waals surface area contributed by atoms with E-state index in [1.807, 2.05) is 53.4 Å². The van der Waals surface area contributed by atoms with Crippen LogP contribution in [0.2, 0.25) is 0 Å². The molecule has 7 aromatic rings. The number of carboxylic acids is 1. The van der Waals surface area contributed by atoms with Crippen LogP contribution in [-0.4, -0.2) is 331 Å². The van der Waals surface area contributed by atoms with E-state index in [-0.39, 0.29) is 154 Å². The molecule has 8 heterocycles. The van der Waals surface area contributed by atoms with E-state index in [9.17, 15) is 73.5 Å². The molecule has 3 aromatic heterocycles. The van der Waals surface area contributed by atoms with E-state index in [4.69, 9.17) is 80.8 Å². The van der Waals surface area contributed by atoms with E-state index in [0.29, 0.717) is 235 Å². The molecule has 1 spiro atoms. The van der Waals surface area contributed by atoms with Gasteiger partial charge in [0.25, 0.3) is 5.56 Å². The van der Waals surface area contributed by atoms with Crippen molar-refractivity contribution in [1.82, 2.24) is 56.4 Å². The fraction of sp³-hybridized carbons (Fsp3) is 0.583. The topological polar surface area (TPSA) is 546 Å². The van der Waals surface area contributed by atoms with Gasteiger partial charge in [0.2, 0.25) is 41.7 Å². The number of methoxy groups -OCH3 is 1. The Morgan fingerprint density at radius 3 is 1.80 bits per heavy atom. The Hall–Kier alpha value is -11.5. The number of likely N-dealkylation sites (tertiary alicyclic amines) is 1. The molecular weight excluding hydrogens is 1920 g/mol. The van der Waals surface area contributed by atoms with Crippen molar-refractivity contribution in [2.75, 3.05) is 190 Å². The molecule has 1 saturated carbocycles. The SMILES string of the molecule is CC[C@@]1(O)C(=O)OCc2c1cc1n(c2=O)Cc2c-1nc1cc(F)c(C)c3c1c2[C@@H](NC(=O)OCc1ccc(O[C@@H]2O[C@H](C(=O)O)[C@@H](O)[C@H](O)[C@H]2O)c(CNC(=O)CCNC(=O)[C@H](CNC(=O)CCOCCOCCOCCOCCOCCOCCOCCOCCOCCOCCOCCOC)NC(=O)C2CCC4(CC2)CCN(C(=O)CCCCC(=O)N2Cc5ccccc5-c5n[nH]nc5-c5ccccc52)CC4)c1)CC3. The number of rotatable bonds is 58. The lowest BCUT2D eigenvalue weighted by Crippen LogP contribution is -2.61. The monoisotopic (exact) mass is 2050 g/mol. The summed E-state index contributed by atoms with van der Waals surface area (Å²) in [5.74, 6) is -6.10. The third kappa shape index (κ3) is 29.4. The number of halogens is 1. The van der Waals surface area contributed by atoms with Crippen LogP contribution in [-0.2, 0) is 154 Å². The Labute approximate surface area is 849 Å². The first-order chi connectivity index (χ1) is 71.4. The smallest absolute Gasteiger partial charge is 0.407 e. The van der Waals surface area contributed by atoms with Crippen LogP contribution >= 0.6 is 0 Å². The molecule has 2 aliphatic carbocycles. The van der Waals surface area contributed by atoms with Gasteiger partial charge >= 0.3 is 18.0 Å². The summed E-state index contributed by atoms with van der Waals surface area (Å²) >= 11 is 0. The van der Waals surface area contributed by atoms with Crippen molar-refractivity contribution in [1.29, 1.82) is 0 Å². The predicted octanol–water partition coefficient (Wildman–Crippen LogP) is 5.01. The molecule has 147 heavy (non-hydrogen) atoms. The van der Waals surface area contributed by atoms with E-state index in [1.165, 1.54) is 34.9 Å². The minimum absolute atomic E-state index is 0.00867. The standard InChI is InChI=1S/C103H135FN12O31/c1-4-103(131)74-56-80-88-72(61-116(80)97(126)73(74)63-144-100(103)129)87-76(19-18-69-64(2)75(104)57-77(108-88)86(69)87)110-101(130)145-62-65-17-20-81(146-99-93(123)91(121)92(122)94(147-99)98(127)128)68(55-65)58-106-82(117)23-29-105-96(125)78(59-107-83(118)24-32-133-35-36-135-39-40-137-43-44-139-47-48-141-51-52-143-54-53-142-50-49-140-46-45-138-42-41-136-38-37-134-34-33-132-3)109-95(124)66-21-25-102(26-22-66)27-30-114(31-28-102)84(119)15-9-10-16-85(120)115-60-67-11-5-6-12-70(67)89-90(112-113-111-89)71-13-7-8-14-79(71)115/h5-8,11-14,17,20,55-57,66,76,78,91-94,99,121-123,131H,4,9-10,15-16,18-19,21-54,58-63H2,1-3H3,(H,105,125)(H,106,117)(H,107,118)(H,109,124)(H,110,130)(H,127,128)(H,111,112,113)/t76-,78-,91-,92-,93+,94-,99+,103-/m0/s1. The lowest BCUT2D eigenvalue weighted by atomic mass is 9.65. The number of carbonyl (C=O) groups excluding carboxylic acids is 8. The second kappa shape index (κ2) is 55.1. The van der Waals surface area contributed by atoms with Gasteiger partial charge in [0.05, 0.1) is 199 Å². The zero-order chi connectivity index (χ0) is 104. The van der Waals surface area contributed by atoms with Gasteiger partial charge in [-0.2, -0.15) is 15.4 Å². The fourth-order valence-corrected chi connectivity index (χ4v) is 19.3. The number of aryl methyl sites for hydroxylation is 1. The largest absolute Gasteiger partial charge is 0.479 e. The van der Waals surface area contributed by atoms with Gasteiger partial charge in [-0.05, 0) is 135 Å². The number of ether oxygens (including phenoxy) is 16. The van der Waals surface area contributed by atoms with Crippen LogP contribution in [0.25, 0.3) is 44.8 Å². The van der Waals surface area contributed by atoms with Crippen LogP contribution in [0.1, 0.15) is 153 Å². The van der Waals surface area contributed by atoms with E-state index >= 15 is 4.39 Å². The number of hydrogen-bond acceptors (Lipinski definition) is 33. The van der Waals surface area contributed by atoms with Gasteiger partial charge in [-0.1, -0.05) is 55.5 Å². The van der Waals surface area contributed by atoms with E-state index < -0.39 is 114 Å². The molecule has 5 aliphatic heterocycles. The normalized spacial score (nSPS) is 19.3. The van der Waals surface area contributed by atoms with Gasteiger partial charge < -0.3 is 142 Å². The van der Waals surface area contributed by atoms with Gasteiger partial charge in [-0.15, -0.1) is 0 Å². The number of aliphatic hydroxyl groups is 4. The molecule has 0 unspecified atom stereocenters. The highest BCUT2D eigenvalue weighted by Gasteiger charge is 2.50. The van der Waals surface area contributed by atoms with Crippen molar-refractivity contribution in [3.63, 3.8) is 0 Å². The molecular formula is C103H135FN12O31. The number of aliphatic carboxylic acids is 1. The van der Waals surface area contributed by atoms with E-state index in [1.54, 1.807) is 25.9 Å². The van der Waals surface area contributed by atoms with Crippen molar-refractivity contribution in [3.8, 4) is 39.7 Å². The first-order valence-electron chi connectivity index (χ1n) is 50.4. The molecule has 14 rings (SSSR count). The second-order valence-electron chi connectivity index (χ2n) is 37.1. The molecule has 0 radical (unpaired) electrons.